The number of hydrogen-bond acceptors (Lipinski definition) is 13. The lowest BCUT2D eigenvalue weighted by Gasteiger charge is -2.58. The van der Waals surface area contributed by atoms with E-state index in [1.54, 1.807) is 39.0 Å². The number of ketones is 1. The summed E-state index contributed by atoms with van der Waals surface area (Å²) < 4.78 is 30.3. The summed E-state index contributed by atoms with van der Waals surface area (Å²) in [6.07, 6.45) is -8.24. The molecule has 0 radical (unpaired) electrons. The van der Waals surface area contributed by atoms with Crippen molar-refractivity contribution in [2.45, 2.75) is 110 Å². The molecule has 4 aliphatic carbocycles. The Hall–Kier alpha value is -3.84. The van der Waals surface area contributed by atoms with E-state index in [0.29, 0.717) is 0 Å². The Morgan fingerprint density at radius 3 is 1.88 bits per heavy atom. The van der Waals surface area contributed by atoms with Crippen LogP contribution in [0.25, 0.3) is 0 Å². The minimum absolute atomic E-state index is 0.191. The number of benzene rings is 1. The highest BCUT2D eigenvalue weighted by atomic mass is 16.6. The molecule has 0 amide bonds. The summed E-state index contributed by atoms with van der Waals surface area (Å²) in [6, 6.07) is 8.06. The first-order valence-electron chi connectivity index (χ1n) is 16.2. The summed E-state index contributed by atoms with van der Waals surface area (Å²) in [6.45, 7) is 10.7. The molecule has 5 rings (SSSR count). The predicted octanol–water partition coefficient (Wildman–Crippen LogP) is 2.32. The number of esters is 5. The Morgan fingerprint density at radius 1 is 0.771 bits per heavy atom. The zero-order chi connectivity index (χ0) is 35.7. The topological polar surface area (TPSA) is 189 Å². The van der Waals surface area contributed by atoms with Crippen molar-refractivity contribution >= 4 is 35.6 Å². The van der Waals surface area contributed by atoms with Crippen molar-refractivity contribution < 1.29 is 62.7 Å². The molecule has 4 saturated carbocycles. The third-order valence-electron chi connectivity index (χ3n) is 11.2. The zero-order valence-corrected chi connectivity index (χ0v) is 28.4. The summed E-state index contributed by atoms with van der Waals surface area (Å²) in [7, 11) is 0. The maximum atomic E-state index is 14.2. The minimum atomic E-state index is -2.22. The van der Waals surface area contributed by atoms with Crippen LogP contribution in [0.3, 0.4) is 0 Å². The Kier molecular flexibility index (Phi) is 8.82. The quantitative estimate of drug-likeness (QED) is 0.331. The molecular weight excluding hydrogens is 628 g/mol. The predicted molar refractivity (Wildman–Crippen MR) is 164 cm³/mol. The molecule has 4 aliphatic rings. The molecule has 0 spiro atoms. The van der Waals surface area contributed by atoms with E-state index in [1.807, 2.05) is 0 Å². The van der Waals surface area contributed by atoms with Crippen LogP contribution in [0.4, 0.5) is 0 Å². The molecule has 48 heavy (non-hydrogen) atoms. The first kappa shape index (κ1) is 35.5. The number of carbonyl (C=O) groups excluding carboxylic acids is 6. The van der Waals surface area contributed by atoms with Crippen LogP contribution in [0.15, 0.2) is 30.3 Å². The van der Waals surface area contributed by atoms with Crippen LogP contribution in [-0.4, -0.2) is 87.6 Å². The number of rotatable bonds is 6. The fourth-order valence-corrected chi connectivity index (χ4v) is 9.66. The van der Waals surface area contributed by atoms with Crippen LogP contribution in [0, 0.1) is 34.5 Å². The average Bonchev–Trinajstić information content (AvgIpc) is 3.32. The van der Waals surface area contributed by atoms with Gasteiger partial charge in [-0.2, -0.15) is 0 Å². The van der Waals surface area contributed by atoms with E-state index in [0.717, 1.165) is 27.7 Å². The van der Waals surface area contributed by atoms with Crippen LogP contribution in [0.5, 0.6) is 0 Å². The minimum Gasteiger partial charge on any atom is -0.459 e. The van der Waals surface area contributed by atoms with Gasteiger partial charge >= 0.3 is 29.8 Å². The van der Waals surface area contributed by atoms with Crippen LogP contribution in [-0.2, 0) is 47.7 Å². The third kappa shape index (κ3) is 5.20. The van der Waals surface area contributed by atoms with Crippen LogP contribution < -0.4 is 0 Å². The molecule has 2 bridgehead atoms. The van der Waals surface area contributed by atoms with E-state index in [-0.39, 0.29) is 12.0 Å². The number of Topliss-reactive ketones (excluding diaryl/α,β-unsaturated/α-hetero) is 1. The number of ether oxygens (including phenoxy) is 5. The van der Waals surface area contributed by atoms with Crippen LogP contribution in [0.1, 0.15) is 78.6 Å². The van der Waals surface area contributed by atoms with Gasteiger partial charge in [0.15, 0.2) is 17.8 Å². The molecule has 13 nitrogen and oxygen atoms in total. The van der Waals surface area contributed by atoms with Crippen molar-refractivity contribution in [1.29, 1.82) is 0 Å². The molecule has 12 atom stereocenters. The normalized spacial score (nSPS) is 40.8. The van der Waals surface area contributed by atoms with Gasteiger partial charge in [0.2, 0.25) is 0 Å². The summed E-state index contributed by atoms with van der Waals surface area (Å²) in [5.74, 6) is -8.98. The SMILES string of the molecule is CC(=O)O[C@@H]1[C@H]2[C@@H](OC(=O)c3ccccc3)[C@@H](C)C[C@]2(O)[C@H](OC(C)=O)[C@@]2(C)[C@@H]3[C@@H](C[C@]1(OC(C)=O)[C@H]2OC(C)=O)C(=O)C(C)(C)[C@H]3O. The van der Waals surface area contributed by atoms with E-state index in [4.69, 9.17) is 23.7 Å². The summed E-state index contributed by atoms with van der Waals surface area (Å²) >= 11 is 0. The summed E-state index contributed by atoms with van der Waals surface area (Å²) in [4.78, 5) is 79.8. The lowest BCUT2D eigenvalue weighted by Crippen LogP contribution is -2.71. The van der Waals surface area contributed by atoms with Gasteiger partial charge in [0.1, 0.15) is 23.6 Å². The molecule has 2 N–H and O–H groups in total. The largest absolute Gasteiger partial charge is 0.459 e. The van der Waals surface area contributed by atoms with Crippen molar-refractivity contribution in [1.82, 2.24) is 0 Å². The van der Waals surface area contributed by atoms with E-state index in [2.05, 4.69) is 0 Å². The Morgan fingerprint density at radius 2 is 1.33 bits per heavy atom. The molecule has 0 unspecified atom stereocenters. The third-order valence-corrected chi connectivity index (χ3v) is 11.2. The van der Waals surface area contributed by atoms with Gasteiger partial charge in [0.05, 0.1) is 23.0 Å². The molecule has 1 aromatic carbocycles. The molecule has 262 valence electrons. The van der Waals surface area contributed by atoms with Gasteiger partial charge in [-0.25, -0.2) is 4.79 Å². The van der Waals surface area contributed by atoms with Gasteiger partial charge in [-0.1, -0.05) is 45.9 Å². The lowest BCUT2D eigenvalue weighted by molar-refractivity contribution is -0.275. The van der Waals surface area contributed by atoms with Crippen molar-refractivity contribution in [3.63, 3.8) is 0 Å². The fourth-order valence-electron chi connectivity index (χ4n) is 9.66. The van der Waals surface area contributed by atoms with Crippen LogP contribution in [0.2, 0.25) is 0 Å². The molecule has 0 heterocycles. The maximum absolute atomic E-state index is 14.2. The summed E-state index contributed by atoms with van der Waals surface area (Å²) in [5, 5.41) is 25.0. The molecule has 0 saturated heterocycles. The highest BCUT2D eigenvalue weighted by Crippen LogP contribution is 2.69. The van der Waals surface area contributed by atoms with E-state index >= 15 is 0 Å². The second-order valence-electron chi connectivity index (χ2n) is 14.7. The number of carbonyl (C=O) groups is 6. The molecule has 13 heteroatoms. The highest BCUT2D eigenvalue weighted by molar-refractivity contribution is 5.91. The lowest BCUT2D eigenvalue weighted by atomic mass is 9.53. The van der Waals surface area contributed by atoms with Gasteiger partial charge in [-0.15, -0.1) is 0 Å². The molecule has 0 aromatic heterocycles. The van der Waals surface area contributed by atoms with Crippen LogP contribution >= 0.6 is 0 Å². The molecule has 1 aromatic rings. The van der Waals surface area contributed by atoms with E-state index in [1.165, 1.54) is 19.1 Å². The maximum Gasteiger partial charge on any atom is 0.338 e. The van der Waals surface area contributed by atoms with Crippen molar-refractivity contribution in [2.24, 2.45) is 34.5 Å². The molecule has 0 aliphatic heterocycles. The second-order valence-corrected chi connectivity index (χ2v) is 14.7. The Bertz CT molecular complexity index is 1520. The van der Waals surface area contributed by atoms with Gasteiger partial charge in [-0.05, 0) is 24.5 Å². The summed E-state index contributed by atoms with van der Waals surface area (Å²) in [5.41, 5.74) is -7.42. The second kappa shape index (κ2) is 11.9. The number of fused-ring (bicyclic) bond motifs is 5. The number of aliphatic hydroxyl groups excluding tert-OH is 1. The smallest absolute Gasteiger partial charge is 0.338 e. The number of aliphatic hydroxyl groups is 2. The monoisotopic (exact) mass is 672 g/mol. The molecule has 4 fully saturated rings. The van der Waals surface area contributed by atoms with Gasteiger partial charge < -0.3 is 33.9 Å². The first-order valence-corrected chi connectivity index (χ1v) is 16.2. The average molecular weight is 673 g/mol. The van der Waals surface area contributed by atoms with Gasteiger partial charge in [-0.3, -0.25) is 24.0 Å². The molecular formula is C35H44O13. The van der Waals surface area contributed by atoms with Gasteiger partial charge in [0, 0.05) is 51.4 Å². The van der Waals surface area contributed by atoms with Gasteiger partial charge in [0.25, 0.3) is 0 Å². The highest BCUT2D eigenvalue weighted by Gasteiger charge is 2.83. The van der Waals surface area contributed by atoms with E-state index < -0.39 is 118 Å². The zero-order valence-electron chi connectivity index (χ0n) is 28.4. The van der Waals surface area contributed by atoms with Crippen molar-refractivity contribution in [2.75, 3.05) is 0 Å². The first-order chi connectivity index (χ1) is 22.2. The van der Waals surface area contributed by atoms with E-state index in [9.17, 15) is 39.0 Å². The number of hydrogen-bond donors (Lipinski definition) is 2. The Labute approximate surface area is 278 Å². The van der Waals surface area contributed by atoms with Crippen molar-refractivity contribution in [3.05, 3.63) is 35.9 Å². The Balaban J connectivity index is 1.87. The fraction of sp³-hybridized carbons (Fsp3) is 0.657. The standard InChI is InChI=1S/C35H44O13/c1-16-14-34(43)24(25(16)47-29(42)21-12-10-9-11-13-21)28(44-17(2)36)35(48-20(5)39)15-22-23(27(41)32(6,7)26(22)40)33(8,30(34)45-18(3)37)31(35)46-19(4)38/h9-13,16,22-25,27-28,30-31,41,43H,14-15H2,1-8H3/t16-,22+,23+,24+,25-,27-,28+,30+,31-,33+,34+,35+/m0/s1. The van der Waals surface area contributed by atoms with Crippen molar-refractivity contribution in [3.8, 4) is 0 Å².